The molecule has 0 bridgehead atoms. The van der Waals surface area contributed by atoms with Crippen molar-refractivity contribution in [2.45, 2.75) is 6.04 Å². The zero-order chi connectivity index (χ0) is 24.0. The number of para-hydroxylation sites is 1. The van der Waals surface area contributed by atoms with E-state index in [4.69, 9.17) is 11.6 Å². The van der Waals surface area contributed by atoms with Gasteiger partial charge in [-0.1, -0.05) is 54.1 Å². The topological polar surface area (TPSA) is 105 Å². The monoisotopic (exact) mass is 466 g/mol. The summed E-state index contributed by atoms with van der Waals surface area (Å²) in [6, 6.07) is 20.0. The fraction of sp³-hybridized carbons (Fsp3) is 0.167. The lowest BCUT2D eigenvalue weighted by atomic mass is 10.1. The van der Waals surface area contributed by atoms with Gasteiger partial charge in [0.25, 0.3) is 17.5 Å². The van der Waals surface area contributed by atoms with Crippen LogP contribution in [0.1, 0.15) is 32.3 Å². The molecule has 0 spiro atoms. The first-order valence-electron chi connectivity index (χ1n) is 10.1. The maximum Gasteiger partial charge on any atom is 0.270 e. The van der Waals surface area contributed by atoms with Crippen LogP contribution >= 0.6 is 11.6 Å². The second-order valence-corrected chi connectivity index (χ2v) is 7.93. The summed E-state index contributed by atoms with van der Waals surface area (Å²) in [6.07, 6.45) is 0. The molecular formula is C24H23ClN4O4. The molecule has 0 aliphatic heterocycles. The molecule has 1 atom stereocenters. The lowest BCUT2D eigenvalue weighted by molar-refractivity contribution is -0.384. The van der Waals surface area contributed by atoms with E-state index in [9.17, 15) is 19.7 Å². The Hall–Kier alpha value is -3.75. The smallest absolute Gasteiger partial charge is 0.270 e. The first-order valence-corrected chi connectivity index (χ1v) is 10.5. The number of anilines is 1. The van der Waals surface area contributed by atoms with Gasteiger partial charge in [0, 0.05) is 18.7 Å². The number of amides is 2. The predicted molar refractivity (Wildman–Crippen MR) is 128 cm³/mol. The van der Waals surface area contributed by atoms with E-state index in [0.29, 0.717) is 12.2 Å². The zero-order valence-corrected chi connectivity index (χ0v) is 18.9. The van der Waals surface area contributed by atoms with E-state index in [0.717, 1.165) is 11.6 Å². The van der Waals surface area contributed by atoms with E-state index in [-0.39, 0.29) is 33.8 Å². The summed E-state index contributed by atoms with van der Waals surface area (Å²) in [5.74, 6) is -0.922. The molecule has 2 amide bonds. The van der Waals surface area contributed by atoms with Crippen LogP contribution in [0.5, 0.6) is 0 Å². The van der Waals surface area contributed by atoms with Crippen LogP contribution in [0.2, 0.25) is 5.02 Å². The maximum atomic E-state index is 12.9. The fourth-order valence-corrected chi connectivity index (χ4v) is 3.60. The number of hydrogen-bond donors (Lipinski definition) is 2. The van der Waals surface area contributed by atoms with E-state index in [1.54, 1.807) is 24.3 Å². The van der Waals surface area contributed by atoms with Gasteiger partial charge in [0.1, 0.15) is 0 Å². The van der Waals surface area contributed by atoms with Crippen LogP contribution in [0.3, 0.4) is 0 Å². The van der Waals surface area contributed by atoms with Crippen molar-refractivity contribution in [2.75, 3.05) is 26.0 Å². The third kappa shape index (κ3) is 5.94. The maximum absolute atomic E-state index is 12.9. The molecule has 1 unspecified atom stereocenters. The van der Waals surface area contributed by atoms with Crippen LogP contribution in [0.15, 0.2) is 72.8 Å². The van der Waals surface area contributed by atoms with Crippen molar-refractivity contribution < 1.29 is 14.5 Å². The molecule has 170 valence electrons. The minimum atomic E-state index is -0.594. The van der Waals surface area contributed by atoms with Crippen LogP contribution in [0.25, 0.3) is 0 Å². The Morgan fingerprint density at radius 1 is 0.970 bits per heavy atom. The van der Waals surface area contributed by atoms with Crippen LogP contribution in [-0.2, 0) is 0 Å². The highest BCUT2D eigenvalue weighted by molar-refractivity contribution is 6.34. The lowest BCUT2D eigenvalue weighted by Crippen LogP contribution is -2.35. The van der Waals surface area contributed by atoms with E-state index in [1.165, 1.54) is 12.1 Å². The summed E-state index contributed by atoms with van der Waals surface area (Å²) in [6.45, 7) is 0.367. The van der Waals surface area contributed by atoms with Gasteiger partial charge in [-0.25, -0.2) is 0 Å². The molecule has 0 aliphatic rings. The molecule has 0 fully saturated rings. The molecule has 0 saturated carbocycles. The van der Waals surface area contributed by atoms with Crippen LogP contribution in [0.4, 0.5) is 11.4 Å². The van der Waals surface area contributed by atoms with Crippen molar-refractivity contribution in [3.63, 3.8) is 0 Å². The average molecular weight is 467 g/mol. The molecule has 0 aromatic heterocycles. The third-order valence-electron chi connectivity index (χ3n) is 5.09. The summed E-state index contributed by atoms with van der Waals surface area (Å²) in [7, 11) is 3.87. The van der Waals surface area contributed by atoms with Gasteiger partial charge < -0.3 is 15.5 Å². The van der Waals surface area contributed by atoms with E-state index >= 15 is 0 Å². The van der Waals surface area contributed by atoms with Crippen molar-refractivity contribution in [3.8, 4) is 0 Å². The summed E-state index contributed by atoms with van der Waals surface area (Å²) >= 11 is 6.06. The Bertz CT molecular complexity index is 1170. The SMILES string of the molecule is CN(C)C(CNC(=O)c1ccccc1NC(=O)c1ccc([N+](=O)[O-])cc1Cl)c1ccccc1. The number of benzene rings is 3. The summed E-state index contributed by atoms with van der Waals surface area (Å²) < 4.78 is 0. The third-order valence-corrected chi connectivity index (χ3v) is 5.40. The fourth-order valence-electron chi connectivity index (χ4n) is 3.34. The number of likely N-dealkylation sites (N-methyl/N-ethyl adjacent to an activating group) is 1. The van der Waals surface area contributed by atoms with Gasteiger partial charge in [0.05, 0.1) is 32.8 Å². The van der Waals surface area contributed by atoms with E-state index in [1.807, 2.05) is 49.3 Å². The van der Waals surface area contributed by atoms with Crippen LogP contribution < -0.4 is 10.6 Å². The van der Waals surface area contributed by atoms with Crippen molar-refractivity contribution in [2.24, 2.45) is 0 Å². The number of carbonyl (C=O) groups excluding carboxylic acids is 2. The Labute approximate surface area is 196 Å². The standard InChI is InChI=1S/C24H23ClN4O4/c1-28(2)22(16-8-4-3-5-9-16)15-26-23(30)19-10-6-7-11-21(19)27-24(31)18-13-12-17(29(32)33)14-20(18)25/h3-14,22H,15H2,1-2H3,(H,26,30)(H,27,31). The number of rotatable bonds is 8. The van der Waals surface area contributed by atoms with Crippen molar-refractivity contribution in [1.29, 1.82) is 0 Å². The number of halogens is 1. The van der Waals surface area contributed by atoms with E-state index in [2.05, 4.69) is 10.6 Å². The number of nitro benzene ring substituents is 1. The van der Waals surface area contributed by atoms with Gasteiger partial charge in [-0.2, -0.15) is 0 Å². The van der Waals surface area contributed by atoms with Gasteiger partial charge in [-0.15, -0.1) is 0 Å². The van der Waals surface area contributed by atoms with Crippen LogP contribution in [-0.4, -0.2) is 42.3 Å². The molecule has 3 aromatic rings. The highest BCUT2D eigenvalue weighted by Gasteiger charge is 2.20. The van der Waals surface area contributed by atoms with Gasteiger partial charge in [0.15, 0.2) is 0 Å². The molecule has 3 rings (SSSR count). The number of nitrogens with one attached hydrogen (secondary N) is 2. The van der Waals surface area contributed by atoms with Crippen LogP contribution in [0, 0.1) is 10.1 Å². The Morgan fingerprint density at radius 3 is 2.27 bits per heavy atom. The highest BCUT2D eigenvalue weighted by atomic mass is 35.5. The quantitative estimate of drug-likeness (QED) is 0.375. The van der Waals surface area contributed by atoms with Gasteiger partial charge >= 0.3 is 0 Å². The predicted octanol–water partition coefficient (Wildman–Crippen LogP) is 4.53. The number of nitro groups is 1. The Balaban J connectivity index is 1.75. The van der Waals surface area contributed by atoms with Gasteiger partial charge in [0.2, 0.25) is 0 Å². The lowest BCUT2D eigenvalue weighted by Gasteiger charge is -2.25. The Morgan fingerprint density at radius 2 is 1.64 bits per heavy atom. The summed E-state index contributed by atoms with van der Waals surface area (Å²) in [5.41, 5.74) is 1.50. The molecule has 0 heterocycles. The summed E-state index contributed by atoms with van der Waals surface area (Å²) in [4.78, 5) is 38.0. The molecule has 0 aliphatic carbocycles. The Kier molecular flexibility index (Phi) is 7.76. The average Bonchev–Trinajstić information content (AvgIpc) is 2.79. The number of nitrogens with zero attached hydrogens (tertiary/aromatic N) is 2. The highest BCUT2D eigenvalue weighted by Crippen LogP contribution is 2.24. The molecule has 3 aromatic carbocycles. The molecule has 2 N–H and O–H groups in total. The zero-order valence-electron chi connectivity index (χ0n) is 18.1. The summed E-state index contributed by atoms with van der Waals surface area (Å²) in [5, 5.41) is 16.4. The number of non-ortho nitro benzene ring substituents is 1. The molecule has 0 saturated heterocycles. The molecular weight excluding hydrogens is 444 g/mol. The number of carbonyl (C=O) groups is 2. The second-order valence-electron chi connectivity index (χ2n) is 7.52. The first kappa shape index (κ1) is 23.9. The molecule has 33 heavy (non-hydrogen) atoms. The van der Waals surface area contributed by atoms with E-state index < -0.39 is 10.8 Å². The number of hydrogen-bond acceptors (Lipinski definition) is 5. The van der Waals surface area contributed by atoms with Crippen molar-refractivity contribution >= 4 is 34.8 Å². The normalized spacial score (nSPS) is 11.6. The molecule has 8 nitrogen and oxygen atoms in total. The molecule has 9 heteroatoms. The minimum absolute atomic E-state index is 0.0316. The minimum Gasteiger partial charge on any atom is -0.350 e. The molecule has 0 radical (unpaired) electrons. The van der Waals surface area contributed by atoms with Crippen molar-refractivity contribution in [3.05, 3.63) is 105 Å². The van der Waals surface area contributed by atoms with Gasteiger partial charge in [-0.3, -0.25) is 19.7 Å². The van der Waals surface area contributed by atoms with Gasteiger partial charge in [-0.05, 0) is 37.9 Å². The first-order chi connectivity index (χ1) is 15.8. The second kappa shape index (κ2) is 10.7. The largest absolute Gasteiger partial charge is 0.350 e. The van der Waals surface area contributed by atoms with Crippen molar-refractivity contribution in [1.82, 2.24) is 10.2 Å².